The highest BCUT2D eigenvalue weighted by Crippen LogP contribution is 2.15. The molecule has 1 N–H and O–H groups in total. The number of aliphatic carboxylic acids is 1. The quantitative estimate of drug-likeness (QED) is 0.604. The lowest BCUT2D eigenvalue weighted by molar-refractivity contribution is -0.147. The van der Waals surface area contributed by atoms with Gasteiger partial charge >= 0.3 is 5.97 Å². The molecule has 0 aliphatic carbocycles. The summed E-state index contributed by atoms with van der Waals surface area (Å²) in [6.07, 6.45) is 2.81. The third-order valence-corrected chi connectivity index (χ3v) is 1.96. The van der Waals surface area contributed by atoms with Crippen LogP contribution in [0.5, 0.6) is 0 Å². The number of hydrogen-bond acceptors (Lipinski definition) is 2. The van der Waals surface area contributed by atoms with Crippen molar-refractivity contribution in [2.45, 2.75) is 6.42 Å². The summed E-state index contributed by atoms with van der Waals surface area (Å²) in [6, 6.07) is 0. The maximum absolute atomic E-state index is 10.4. The maximum Gasteiger partial charge on any atom is 0.309 e. The first-order valence-electron chi connectivity index (χ1n) is 3.80. The normalized spacial score (nSPS) is 19.3. The van der Waals surface area contributed by atoms with Gasteiger partial charge in [0.05, 0.1) is 5.92 Å². The monoisotopic (exact) mass is 155 g/mol. The summed E-state index contributed by atoms with van der Waals surface area (Å²) >= 11 is 0. The molecule has 1 rings (SSSR count). The summed E-state index contributed by atoms with van der Waals surface area (Å²) in [5.41, 5.74) is 0. The Hall–Kier alpha value is -0.830. The van der Waals surface area contributed by atoms with Crippen LogP contribution in [0.2, 0.25) is 0 Å². The van der Waals surface area contributed by atoms with Crippen molar-refractivity contribution < 1.29 is 9.90 Å². The molecule has 11 heavy (non-hydrogen) atoms. The van der Waals surface area contributed by atoms with Crippen molar-refractivity contribution in [3.05, 3.63) is 12.7 Å². The van der Waals surface area contributed by atoms with E-state index in [4.69, 9.17) is 5.11 Å². The molecule has 3 nitrogen and oxygen atoms in total. The molecule has 0 aromatic carbocycles. The predicted molar refractivity (Wildman–Crippen MR) is 42.4 cm³/mol. The largest absolute Gasteiger partial charge is 0.481 e. The Morgan fingerprint density at radius 2 is 2.36 bits per heavy atom. The average Bonchev–Trinajstić information content (AvgIpc) is 1.84. The number of hydrogen-bond donors (Lipinski definition) is 1. The maximum atomic E-state index is 10.4. The molecule has 0 bridgehead atoms. The molecule has 1 heterocycles. The first-order chi connectivity index (χ1) is 5.24. The van der Waals surface area contributed by atoms with Crippen LogP contribution in [0.4, 0.5) is 0 Å². The van der Waals surface area contributed by atoms with E-state index in [0.717, 1.165) is 13.0 Å². The van der Waals surface area contributed by atoms with Crippen LogP contribution in [-0.4, -0.2) is 35.6 Å². The second-order valence-electron chi connectivity index (χ2n) is 2.87. The standard InChI is InChI=1S/C8H13NO2/c1-2-3-4-9-5-7(6-9)8(10)11/h2,7H,1,3-6H2,(H,10,11). The second kappa shape index (κ2) is 3.53. The zero-order valence-corrected chi connectivity index (χ0v) is 6.49. The molecule has 0 radical (unpaired) electrons. The number of carboxylic acid groups (broad SMARTS) is 1. The fourth-order valence-corrected chi connectivity index (χ4v) is 1.18. The Morgan fingerprint density at radius 1 is 1.73 bits per heavy atom. The molecule has 62 valence electrons. The van der Waals surface area contributed by atoms with Crippen molar-refractivity contribution in [3.8, 4) is 0 Å². The van der Waals surface area contributed by atoms with Crippen LogP contribution >= 0.6 is 0 Å². The van der Waals surface area contributed by atoms with Gasteiger partial charge in [-0.3, -0.25) is 4.79 Å². The topological polar surface area (TPSA) is 40.5 Å². The Kier molecular flexibility index (Phi) is 2.65. The molecule has 0 amide bonds. The van der Waals surface area contributed by atoms with Crippen molar-refractivity contribution in [2.24, 2.45) is 5.92 Å². The molecule has 3 heteroatoms. The number of likely N-dealkylation sites (tertiary alicyclic amines) is 1. The van der Waals surface area contributed by atoms with Gasteiger partial charge in [-0.25, -0.2) is 0 Å². The van der Waals surface area contributed by atoms with Crippen LogP contribution in [0.25, 0.3) is 0 Å². The summed E-state index contributed by atoms with van der Waals surface area (Å²) in [5, 5.41) is 8.53. The first-order valence-corrected chi connectivity index (χ1v) is 3.80. The van der Waals surface area contributed by atoms with Crippen molar-refractivity contribution in [3.63, 3.8) is 0 Å². The smallest absolute Gasteiger partial charge is 0.309 e. The predicted octanol–water partition coefficient (Wildman–Crippen LogP) is 0.579. The number of carbonyl (C=O) groups is 1. The van der Waals surface area contributed by atoms with Crippen LogP contribution in [0.1, 0.15) is 6.42 Å². The Bertz CT molecular complexity index is 161. The third-order valence-electron chi connectivity index (χ3n) is 1.96. The van der Waals surface area contributed by atoms with Crippen molar-refractivity contribution in [1.29, 1.82) is 0 Å². The fourth-order valence-electron chi connectivity index (χ4n) is 1.18. The summed E-state index contributed by atoms with van der Waals surface area (Å²) in [4.78, 5) is 12.5. The van der Waals surface area contributed by atoms with Gasteiger partial charge < -0.3 is 10.0 Å². The second-order valence-corrected chi connectivity index (χ2v) is 2.87. The van der Waals surface area contributed by atoms with Gasteiger partial charge in [0.15, 0.2) is 0 Å². The molecule has 1 aliphatic rings. The SMILES string of the molecule is C=CCCN1CC(C(=O)O)C1. The average molecular weight is 155 g/mol. The Morgan fingerprint density at radius 3 is 2.82 bits per heavy atom. The minimum Gasteiger partial charge on any atom is -0.481 e. The minimum atomic E-state index is -0.667. The Labute approximate surface area is 66.3 Å². The van der Waals surface area contributed by atoms with E-state index in [0.29, 0.717) is 13.1 Å². The zero-order valence-electron chi connectivity index (χ0n) is 6.49. The zero-order chi connectivity index (χ0) is 8.27. The summed E-state index contributed by atoms with van der Waals surface area (Å²) in [7, 11) is 0. The summed E-state index contributed by atoms with van der Waals surface area (Å²) < 4.78 is 0. The molecule has 0 saturated carbocycles. The minimum absolute atomic E-state index is 0.125. The van der Waals surface area contributed by atoms with Crippen LogP contribution in [-0.2, 0) is 4.79 Å². The highest BCUT2D eigenvalue weighted by atomic mass is 16.4. The van der Waals surface area contributed by atoms with E-state index in [-0.39, 0.29) is 5.92 Å². The van der Waals surface area contributed by atoms with Gasteiger partial charge in [-0.2, -0.15) is 0 Å². The molecule has 0 spiro atoms. The van der Waals surface area contributed by atoms with Gasteiger partial charge in [-0.1, -0.05) is 6.08 Å². The van der Waals surface area contributed by atoms with E-state index in [9.17, 15) is 4.79 Å². The van der Waals surface area contributed by atoms with Gasteiger partial charge in [0.25, 0.3) is 0 Å². The van der Waals surface area contributed by atoms with E-state index < -0.39 is 5.97 Å². The van der Waals surface area contributed by atoms with Crippen LogP contribution in [0.15, 0.2) is 12.7 Å². The van der Waals surface area contributed by atoms with E-state index in [2.05, 4.69) is 11.5 Å². The van der Waals surface area contributed by atoms with Crippen LogP contribution < -0.4 is 0 Å². The van der Waals surface area contributed by atoms with Gasteiger partial charge in [-0.05, 0) is 6.42 Å². The fraction of sp³-hybridized carbons (Fsp3) is 0.625. The lowest BCUT2D eigenvalue weighted by atomic mass is 10.0. The van der Waals surface area contributed by atoms with E-state index in [1.165, 1.54) is 0 Å². The molecule has 0 aromatic heterocycles. The molecule has 0 aromatic rings. The number of nitrogens with zero attached hydrogens (tertiary/aromatic N) is 1. The van der Waals surface area contributed by atoms with Crippen LogP contribution in [0, 0.1) is 5.92 Å². The first kappa shape index (κ1) is 8.27. The van der Waals surface area contributed by atoms with Gasteiger partial charge in [0.1, 0.15) is 0 Å². The lowest BCUT2D eigenvalue weighted by Crippen LogP contribution is -2.50. The molecule has 0 atom stereocenters. The highest BCUT2D eigenvalue weighted by Gasteiger charge is 2.31. The molecular weight excluding hydrogens is 142 g/mol. The molecule has 0 unspecified atom stereocenters. The molecule has 1 fully saturated rings. The number of carboxylic acids is 1. The van der Waals surface area contributed by atoms with Crippen LogP contribution in [0.3, 0.4) is 0 Å². The number of rotatable bonds is 4. The van der Waals surface area contributed by atoms with Gasteiger partial charge in [0.2, 0.25) is 0 Å². The molecule has 1 aliphatic heterocycles. The van der Waals surface area contributed by atoms with Crippen molar-refractivity contribution in [1.82, 2.24) is 4.90 Å². The Balaban J connectivity index is 2.09. The van der Waals surface area contributed by atoms with Crippen molar-refractivity contribution >= 4 is 5.97 Å². The van der Waals surface area contributed by atoms with E-state index in [1.54, 1.807) is 0 Å². The summed E-state index contributed by atoms with van der Waals surface area (Å²) in [6.45, 7) is 5.98. The molecule has 1 saturated heterocycles. The van der Waals surface area contributed by atoms with E-state index >= 15 is 0 Å². The summed E-state index contributed by atoms with van der Waals surface area (Å²) in [5.74, 6) is -0.792. The molecular formula is C8H13NO2. The van der Waals surface area contributed by atoms with Gasteiger partial charge in [0, 0.05) is 19.6 Å². The van der Waals surface area contributed by atoms with Gasteiger partial charge in [-0.15, -0.1) is 6.58 Å². The van der Waals surface area contributed by atoms with E-state index in [1.807, 2.05) is 6.08 Å². The van der Waals surface area contributed by atoms with Crippen molar-refractivity contribution in [2.75, 3.05) is 19.6 Å². The third kappa shape index (κ3) is 2.05. The lowest BCUT2D eigenvalue weighted by Gasteiger charge is -2.36. The highest BCUT2D eigenvalue weighted by molar-refractivity contribution is 5.71.